The molecule has 0 fully saturated rings. The van der Waals surface area contributed by atoms with E-state index in [1.807, 2.05) is 24.4 Å². The van der Waals surface area contributed by atoms with Crippen molar-refractivity contribution < 1.29 is 0 Å². The van der Waals surface area contributed by atoms with E-state index in [9.17, 15) is 0 Å². The van der Waals surface area contributed by atoms with Crippen LogP contribution < -0.4 is 5.73 Å². The molecule has 80 valence electrons. The summed E-state index contributed by atoms with van der Waals surface area (Å²) in [6, 6.07) is 10.3. The fourth-order valence-corrected chi connectivity index (χ4v) is 1.45. The van der Waals surface area contributed by atoms with Crippen LogP contribution in [0.1, 0.15) is 11.4 Å². The Bertz CT molecular complexity index is 397. The molecule has 2 aromatic rings. The first kappa shape index (κ1) is 11.8. The highest BCUT2D eigenvalue weighted by atomic mass is 35.5. The maximum atomic E-state index is 5.57. The fraction of sp³-hybridized carbons (Fsp3) is 0.182. The predicted molar refractivity (Wildman–Crippen MR) is 62.9 cm³/mol. The minimum Gasteiger partial charge on any atom is -0.329 e. The SMILES string of the molecule is Cl.NCc1nccn1Cc1ccccc1. The standard InChI is InChI=1S/C11H13N3.ClH/c12-8-11-13-6-7-14(11)9-10-4-2-1-3-5-10;/h1-7H,8-9,12H2;1H. The second-order valence-corrected chi connectivity index (χ2v) is 3.16. The number of hydrogen-bond donors (Lipinski definition) is 1. The summed E-state index contributed by atoms with van der Waals surface area (Å²) in [6.45, 7) is 1.33. The summed E-state index contributed by atoms with van der Waals surface area (Å²) in [7, 11) is 0. The Kier molecular flexibility index (Phi) is 4.34. The number of nitrogens with zero attached hydrogens (tertiary/aromatic N) is 2. The molecule has 0 aliphatic carbocycles. The lowest BCUT2D eigenvalue weighted by atomic mass is 10.2. The Labute approximate surface area is 95.4 Å². The van der Waals surface area contributed by atoms with Crippen LogP contribution in [0, 0.1) is 0 Å². The molecule has 3 nitrogen and oxygen atoms in total. The third-order valence-electron chi connectivity index (χ3n) is 2.18. The molecule has 2 N–H and O–H groups in total. The van der Waals surface area contributed by atoms with Gasteiger partial charge in [0.15, 0.2) is 0 Å². The Balaban J connectivity index is 0.00000112. The lowest BCUT2D eigenvalue weighted by molar-refractivity contribution is 0.724. The van der Waals surface area contributed by atoms with Crippen LogP contribution >= 0.6 is 12.4 Å². The van der Waals surface area contributed by atoms with Crippen LogP contribution in [-0.2, 0) is 13.1 Å². The highest BCUT2D eigenvalue weighted by molar-refractivity contribution is 5.85. The van der Waals surface area contributed by atoms with Crippen molar-refractivity contribution in [2.24, 2.45) is 5.73 Å². The Morgan fingerprint density at radius 3 is 2.60 bits per heavy atom. The molecule has 0 saturated heterocycles. The maximum absolute atomic E-state index is 5.57. The summed E-state index contributed by atoms with van der Waals surface area (Å²) < 4.78 is 2.06. The third-order valence-corrected chi connectivity index (χ3v) is 2.18. The Hall–Kier alpha value is -1.32. The molecule has 0 bridgehead atoms. The topological polar surface area (TPSA) is 43.8 Å². The molecule has 1 heterocycles. The van der Waals surface area contributed by atoms with Gasteiger partial charge in [-0.25, -0.2) is 4.98 Å². The normalized spacial score (nSPS) is 9.67. The first-order valence-electron chi connectivity index (χ1n) is 4.64. The number of hydrogen-bond acceptors (Lipinski definition) is 2. The van der Waals surface area contributed by atoms with Crippen molar-refractivity contribution in [2.75, 3.05) is 0 Å². The van der Waals surface area contributed by atoms with Crippen LogP contribution in [0.3, 0.4) is 0 Å². The Morgan fingerprint density at radius 2 is 1.93 bits per heavy atom. The van der Waals surface area contributed by atoms with Gasteiger partial charge in [0.2, 0.25) is 0 Å². The van der Waals surface area contributed by atoms with E-state index < -0.39 is 0 Å². The molecular weight excluding hydrogens is 210 g/mol. The summed E-state index contributed by atoms with van der Waals surface area (Å²) in [5.74, 6) is 0.925. The van der Waals surface area contributed by atoms with E-state index in [1.54, 1.807) is 6.20 Å². The van der Waals surface area contributed by atoms with Crippen LogP contribution in [-0.4, -0.2) is 9.55 Å². The molecule has 0 spiro atoms. The molecule has 0 radical (unpaired) electrons. The van der Waals surface area contributed by atoms with E-state index in [0.717, 1.165) is 12.4 Å². The van der Waals surface area contributed by atoms with Crippen molar-refractivity contribution in [3.05, 3.63) is 54.1 Å². The molecule has 0 aliphatic rings. The van der Waals surface area contributed by atoms with Crippen LogP contribution in [0.25, 0.3) is 0 Å². The molecule has 0 aliphatic heterocycles. The van der Waals surface area contributed by atoms with Crippen molar-refractivity contribution >= 4 is 12.4 Å². The second kappa shape index (κ2) is 5.53. The smallest absolute Gasteiger partial charge is 0.122 e. The van der Waals surface area contributed by atoms with Crippen molar-refractivity contribution in [3.63, 3.8) is 0 Å². The lowest BCUT2D eigenvalue weighted by Gasteiger charge is -2.05. The first-order valence-corrected chi connectivity index (χ1v) is 4.64. The van der Waals surface area contributed by atoms with Crippen molar-refractivity contribution in [2.45, 2.75) is 13.1 Å². The van der Waals surface area contributed by atoms with Crippen LogP contribution in [0.15, 0.2) is 42.7 Å². The second-order valence-electron chi connectivity index (χ2n) is 3.16. The number of halogens is 1. The molecule has 1 aromatic carbocycles. The van der Waals surface area contributed by atoms with Gasteiger partial charge >= 0.3 is 0 Å². The van der Waals surface area contributed by atoms with E-state index in [-0.39, 0.29) is 12.4 Å². The lowest BCUT2D eigenvalue weighted by Crippen LogP contribution is -2.08. The molecule has 0 saturated carbocycles. The van der Waals surface area contributed by atoms with Gasteiger partial charge in [-0.1, -0.05) is 30.3 Å². The summed E-state index contributed by atoms with van der Waals surface area (Å²) in [4.78, 5) is 4.17. The maximum Gasteiger partial charge on any atom is 0.122 e. The minimum atomic E-state index is 0. The van der Waals surface area contributed by atoms with Crippen molar-refractivity contribution in [1.29, 1.82) is 0 Å². The van der Waals surface area contributed by atoms with E-state index in [4.69, 9.17) is 5.73 Å². The molecule has 4 heteroatoms. The zero-order valence-corrected chi connectivity index (χ0v) is 9.15. The van der Waals surface area contributed by atoms with Crippen LogP contribution in [0.4, 0.5) is 0 Å². The first-order chi connectivity index (χ1) is 6.90. The van der Waals surface area contributed by atoms with Crippen LogP contribution in [0.2, 0.25) is 0 Å². The number of imidazole rings is 1. The van der Waals surface area contributed by atoms with Gasteiger partial charge in [-0.15, -0.1) is 12.4 Å². The molecule has 0 unspecified atom stereocenters. The number of aromatic nitrogens is 2. The van der Waals surface area contributed by atoms with Gasteiger partial charge in [0.1, 0.15) is 5.82 Å². The monoisotopic (exact) mass is 223 g/mol. The van der Waals surface area contributed by atoms with Gasteiger partial charge in [-0.3, -0.25) is 0 Å². The largest absolute Gasteiger partial charge is 0.329 e. The zero-order chi connectivity index (χ0) is 9.80. The Morgan fingerprint density at radius 1 is 1.20 bits per heavy atom. The highest BCUT2D eigenvalue weighted by Crippen LogP contribution is 2.04. The van der Waals surface area contributed by atoms with Crippen molar-refractivity contribution in [3.8, 4) is 0 Å². The van der Waals surface area contributed by atoms with Crippen molar-refractivity contribution in [1.82, 2.24) is 9.55 Å². The third kappa shape index (κ3) is 2.81. The van der Waals surface area contributed by atoms with Gasteiger partial charge in [0.05, 0.1) is 6.54 Å². The fourth-order valence-electron chi connectivity index (χ4n) is 1.45. The van der Waals surface area contributed by atoms with E-state index >= 15 is 0 Å². The van der Waals surface area contributed by atoms with E-state index in [2.05, 4.69) is 21.7 Å². The summed E-state index contributed by atoms with van der Waals surface area (Å²) in [5.41, 5.74) is 6.83. The minimum absolute atomic E-state index is 0. The van der Waals surface area contributed by atoms with Gasteiger partial charge in [0.25, 0.3) is 0 Å². The van der Waals surface area contributed by atoms with Gasteiger partial charge in [-0.2, -0.15) is 0 Å². The summed E-state index contributed by atoms with van der Waals surface area (Å²) in [6.07, 6.45) is 3.74. The highest BCUT2D eigenvalue weighted by Gasteiger charge is 2.00. The molecule has 0 amide bonds. The molecular formula is C11H14ClN3. The van der Waals surface area contributed by atoms with Gasteiger partial charge in [0, 0.05) is 18.9 Å². The van der Waals surface area contributed by atoms with Gasteiger partial charge in [-0.05, 0) is 5.56 Å². The average Bonchev–Trinajstić information content (AvgIpc) is 2.67. The molecule has 2 rings (SSSR count). The zero-order valence-electron chi connectivity index (χ0n) is 8.34. The van der Waals surface area contributed by atoms with Crippen LogP contribution in [0.5, 0.6) is 0 Å². The molecule has 1 aromatic heterocycles. The molecule has 15 heavy (non-hydrogen) atoms. The number of benzene rings is 1. The predicted octanol–water partition coefficient (Wildman–Crippen LogP) is 1.81. The molecule has 0 atom stereocenters. The van der Waals surface area contributed by atoms with E-state index in [0.29, 0.717) is 6.54 Å². The average molecular weight is 224 g/mol. The quantitative estimate of drug-likeness (QED) is 0.863. The number of nitrogens with two attached hydrogens (primary N) is 1. The van der Waals surface area contributed by atoms with E-state index in [1.165, 1.54) is 5.56 Å². The summed E-state index contributed by atoms with van der Waals surface area (Å²) >= 11 is 0. The number of rotatable bonds is 3. The van der Waals surface area contributed by atoms with Gasteiger partial charge < -0.3 is 10.3 Å². The summed E-state index contributed by atoms with van der Waals surface area (Å²) in [5, 5.41) is 0.